The molecule has 0 unspecified atom stereocenters. The Labute approximate surface area is 116 Å². The van der Waals surface area contributed by atoms with Crippen LogP contribution >= 0.6 is 44.9 Å². The fourth-order valence-corrected chi connectivity index (χ4v) is 3.38. The molecule has 0 saturated carbocycles. The molecule has 2 nitrogen and oxygen atoms in total. The van der Waals surface area contributed by atoms with E-state index in [1.807, 2.05) is 6.07 Å². The first kappa shape index (κ1) is 12.4. The van der Waals surface area contributed by atoms with E-state index in [1.54, 1.807) is 18.2 Å². The van der Waals surface area contributed by atoms with Crippen LogP contribution in [0.1, 0.15) is 0 Å². The third kappa shape index (κ3) is 2.16. The van der Waals surface area contributed by atoms with Crippen LogP contribution in [0.15, 0.2) is 35.2 Å². The summed E-state index contributed by atoms with van der Waals surface area (Å²) >= 11 is 8.04. The summed E-state index contributed by atoms with van der Waals surface area (Å²) < 4.78 is 23.6. The van der Waals surface area contributed by atoms with Gasteiger partial charge in [0.25, 0.3) is 9.05 Å². The highest BCUT2D eigenvalue weighted by molar-refractivity contribution is 14.1. The van der Waals surface area contributed by atoms with Crippen molar-refractivity contribution in [1.82, 2.24) is 0 Å². The average molecular weight is 387 g/mol. The maximum absolute atomic E-state index is 11.4. The van der Waals surface area contributed by atoms with Crippen LogP contribution in [0.2, 0.25) is 5.02 Å². The predicted octanol–water partition coefficient (Wildman–Crippen LogP) is 4.03. The largest absolute Gasteiger partial charge is 0.261 e. The lowest BCUT2D eigenvalue weighted by Crippen LogP contribution is -1.93. The van der Waals surface area contributed by atoms with Gasteiger partial charge in [-0.25, -0.2) is 8.42 Å². The highest BCUT2D eigenvalue weighted by Gasteiger charge is 2.15. The molecule has 2 aromatic rings. The van der Waals surface area contributed by atoms with Gasteiger partial charge in [-0.3, -0.25) is 0 Å². The van der Waals surface area contributed by atoms with Gasteiger partial charge >= 0.3 is 0 Å². The molecule has 2 rings (SSSR count). The molecule has 16 heavy (non-hydrogen) atoms. The highest BCUT2D eigenvalue weighted by Crippen LogP contribution is 2.32. The summed E-state index contributed by atoms with van der Waals surface area (Å²) in [5.41, 5.74) is 0. The van der Waals surface area contributed by atoms with Crippen LogP contribution < -0.4 is 0 Å². The Kier molecular flexibility index (Phi) is 3.36. The normalized spacial score (nSPS) is 11.9. The van der Waals surface area contributed by atoms with Crippen molar-refractivity contribution in [2.75, 3.05) is 0 Å². The van der Waals surface area contributed by atoms with Gasteiger partial charge in [-0.05, 0) is 40.1 Å². The molecule has 0 radical (unpaired) electrons. The van der Waals surface area contributed by atoms with Gasteiger partial charge in [-0.1, -0.05) is 29.8 Å². The van der Waals surface area contributed by atoms with Crippen molar-refractivity contribution in [3.8, 4) is 0 Å². The standard InChI is InChI=1S/C10H5Cl2IO2S/c11-8-5-4-6-7(10(8)13)2-1-3-9(6)16(12,14)15/h1-5H. The van der Waals surface area contributed by atoms with Crippen LogP contribution in [0.4, 0.5) is 0 Å². The number of halogens is 3. The van der Waals surface area contributed by atoms with Crippen molar-refractivity contribution in [3.05, 3.63) is 38.9 Å². The van der Waals surface area contributed by atoms with E-state index >= 15 is 0 Å². The minimum absolute atomic E-state index is 0.112. The van der Waals surface area contributed by atoms with Gasteiger partial charge in [0.2, 0.25) is 0 Å². The molecule has 84 valence electrons. The van der Waals surface area contributed by atoms with Gasteiger partial charge in [-0.2, -0.15) is 0 Å². The minimum Gasteiger partial charge on any atom is -0.207 e. The van der Waals surface area contributed by atoms with Crippen molar-refractivity contribution in [3.63, 3.8) is 0 Å². The molecule has 0 atom stereocenters. The second kappa shape index (κ2) is 4.33. The third-order valence-corrected chi connectivity index (χ3v) is 5.35. The first-order valence-corrected chi connectivity index (χ1v) is 7.99. The van der Waals surface area contributed by atoms with Crippen molar-refractivity contribution in [2.45, 2.75) is 4.90 Å². The molecule has 0 heterocycles. The zero-order chi connectivity index (χ0) is 11.9. The predicted molar refractivity (Wildman–Crippen MR) is 74.7 cm³/mol. The molecule has 0 aromatic heterocycles. The van der Waals surface area contributed by atoms with Crippen molar-refractivity contribution < 1.29 is 8.42 Å². The quantitative estimate of drug-likeness (QED) is 0.547. The Hall–Kier alpha value is -0.0400. The molecule has 0 bridgehead atoms. The lowest BCUT2D eigenvalue weighted by molar-refractivity contribution is 0.610. The van der Waals surface area contributed by atoms with E-state index < -0.39 is 9.05 Å². The lowest BCUT2D eigenvalue weighted by atomic mass is 10.1. The van der Waals surface area contributed by atoms with E-state index in [2.05, 4.69) is 22.6 Å². The van der Waals surface area contributed by atoms with Gasteiger partial charge in [-0.15, -0.1) is 0 Å². The Bertz CT molecular complexity index is 668. The summed E-state index contributed by atoms with van der Waals surface area (Å²) in [5.74, 6) is 0. The smallest absolute Gasteiger partial charge is 0.207 e. The highest BCUT2D eigenvalue weighted by atomic mass is 127. The van der Waals surface area contributed by atoms with Gasteiger partial charge in [0.1, 0.15) is 0 Å². The maximum atomic E-state index is 11.4. The summed E-state index contributed by atoms with van der Waals surface area (Å²) in [5, 5.41) is 1.97. The second-order valence-corrected chi connectivity index (χ2v) is 7.17. The monoisotopic (exact) mass is 386 g/mol. The molecule has 0 N–H and O–H groups in total. The lowest BCUT2D eigenvalue weighted by Gasteiger charge is -2.06. The number of fused-ring (bicyclic) bond motifs is 1. The van der Waals surface area contributed by atoms with E-state index in [4.69, 9.17) is 22.3 Å². The molecular formula is C10H5Cl2IO2S. The summed E-state index contributed by atoms with van der Waals surface area (Å²) in [6, 6.07) is 8.27. The van der Waals surface area contributed by atoms with Crippen molar-refractivity contribution >= 4 is 64.7 Å². The first-order chi connectivity index (χ1) is 7.41. The van der Waals surface area contributed by atoms with Crippen LogP contribution in [-0.4, -0.2) is 8.42 Å². The Morgan fingerprint density at radius 2 is 1.75 bits per heavy atom. The minimum atomic E-state index is -3.73. The van der Waals surface area contributed by atoms with Crippen LogP contribution in [0, 0.1) is 3.57 Å². The molecule has 2 aromatic carbocycles. The summed E-state index contributed by atoms with van der Waals surface area (Å²) in [6.45, 7) is 0. The summed E-state index contributed by atoms with van der Waals surface area (Å²) in [7, 11) is 1.63. The van der Waals surface area contributed by atoms with Crippen LogP contribution in [0.5, 0.6) is 0 Å². The number of rotatable bonds is 1. The van der Waals surface area contributed by atoms with Gasteiger partial charge in [0.15, 0.2) is 0 Å². The van der Waals surface area contributed by atoms with Gasteiger partial charge in [0, 0.05) is 19.6 Å². The van der Waals surface area contributed by atoms with E-state index in [0.29, 0.717) is 10.4 Å². The molecule has 0 fully saturated rings. The van der Waals surface area contributed by atoms with Gasteiger partial charge in [0.05, 0.1) is 9.92 Å². The van der Waals surface area contributed by atoms with Crippen molar-refractivity contribution in [2.24, 2.45) is 0 Å². The van der Waals surface area contributed by atoms with Gasteiger partial charge < -0.3 is 0 Å². The van der Waals surface area contributed by atoms with E-state index in [0.717, 1.165) is 8.96 Å². The molecule has 0 amide bonds. The first-order valence-electron chi connectivity index (χ1n) is 4.22. The molecule has 0 saturated heterocycles. The number of benzene rings is 2. The summed E-state index contributed by atoms with van der Waals surface area (Å²) in [4.78, 5) is 0.112. The molecule has 0 spiro atoms. The van der Waals surface area contributed by atoms with E-state index in [9.17, 15) is 8.42 Å². The van der Waals surface area contributed by atoms with Crippen molar-refractivity contribution in [1.29, 1.82) is 0 Å². The summed E-state index contributed by atoms with van der Waals surface area (Å²) in [6.07, 6.45) is 0. The topological polar surface area (TPSA) is 34.1 Å². The Morgan fingerprint density at radius 3 is 2.38 bits per heavy atom. The molecule has 0 aliphatic rings. The molecule has 0 aliphatic carbocycles. The molecular weight excluding hydrogens is 382 g/mol. The van der Waals surface area contributed by atoms with E-state index in [1.165, 1.54) is 6.07 Å². The van der Waals surface area contributed by atoms with Crippen LogP contribution in [0.25, 0.3) is 10.8 Å². The van der Waals surface area contributed by atoms with Crippen LogP contribution in [-0.2, 0) is 9.05 Å². The molecule has 0 aliphatic heterocycles. The van der Waals surface area contributed by atoms with Crippen LogP contribution in [0.3, 0.4) is 0 Å². The zero-order valence-electron chi connectivity index (χ0n) is 7.75. The third-order valence-electron chi connectivity index (χ3n) is 2.17. The Balaban J connectivity index is 2.96. The maximum Gasteiger partial charge on any atom is 0.261 e. The fraction of sp³-hybridized carbons (Fsp3) is 0. The zero-order valence-corrected chi connectivity index (χ0v) is 12.2. The number of hydrogen-bond donors (Lipinski definition) is 0. The Morgan fingerprint density at radius 1 is 1.06 bits per heavy atom. The average Bonchev–Trinajstić information content (AvgIpc) is 2.21. The fourth-order valence-electron chi connectivity index (χ4n) is 1.48. The second-order valence-electron chi connectivity index (χ2n) is 3.15. The SMILES string of the molecule is O=S(=O)(Cl)c1cccc2c(I)c(Cl)ccc12. The molecule has 6 heteroatoms. The number of hydrogen-bond acceptors (Lipinski definition) is 2. The van der Waals surface area contributed by atoms with E-state index in [-0.39, 0.29) is 4.90 Å².